The van der Waals surface area contributed by atoms with Gasteiger partial charge in [0, 0.05) is 11.5 Å². The molecule has 0 aliphatic carbocycles. The van der Waals surface area contributed by atoms with Crippen molar-refractivity contribution in [2.45, 2.75) is 5.92 Å². The molecule has 0 amide bonds. The minimum absolute atomic E-state index is 0.159. The van der Waals surface area contributed by atoms with Crippen molar-refractivity contribution in [3.05, 3.63) is 175 Å². The Morgan fingerprint density at radius 1 is 0.415 bits per heavy atom. The van der Waals surface area contributed by atoms with E-state index in [1.807, 2.05) is 0 Å². The molecule has 0 saturated carbocycles. The van der Waals surface area contributed by atoms with Crippen LogP contribution in [0.1, 0.15) is 17.0 Å². The lowest BCUT2D eigenvalue weighted by atomic mass is 9.93. The average Bonchev–Trinajstić information content (AvgIpc) is 3.49. The molecule has 0 bridgehead atoms. The van der Waals surface area contributed by atoms with Crippen LogP contribution in [0.4, 0.5) is 0 Å². The Morgan fingerprint density at radius 3 is 1.34 bits per heavy atom. The molecule has 1 atom stereocenters. The first kappa shape index (κ1) is 25.9. The second-order valence-electron chi connectivity index (χ2n) is 10.1. The molecule has 7 rings (SSSR count). The predicted octanol–water partition coefficient (Wildman–Crippen LogP) is 6.73. The number of fused-ring (bicyclic) bond motifs is 1. The molecule has 0 aromatic heterocycles. The lowest BCUT2D eigenvalue weighted by Crippen LogP contribution is -2.27. The lowest BCUT2D eigenvalue weighted by Gasteiger charge is -2.27. The van der Waals surface area contributed by atoms with Gasteiger partial charge in [-0.15, -0.1) is 0 Å². The van der Waals surface area contributed by atoms with Gasteiger partial charge >= 0.3 is 0 Å². The third kappa shape index (κ3) is 5.13. The number of benzene rings is 6. The fraction of sp³-hybridized carbons (Fsp3) is 0.0526. The molecule has 0 saturated heterocycles. The van der Waals surface area contributed by atoms with Crippen LogP contribution in [0.5, 0.6) is 5.75 Å². The fourth-order valence-corrected chi connectivity index (χ4v) is 10.9. The summed E-state index contributed by atoms with van der Waals surface area (Å²) >= 11 is 0. The van der Waals surface area contributed by atoms with Crippen molar-refractivity contribution in [1.82, 2.24) is 0 Å². The molecular weight excluding hydrogens is 534 g/mol. The third-order valence-corrected chi connectivity index (χ3v) is 12.7. The zero-order chi connectivity index (χ0) is 27.4. The number of hydrogen-bond acceptors (Lipinski definition) is 1. The van der Waals surface area contributed by atoms with E-state index in [9.17, 15) is 0 Å². The summed E-state index contributed by atoms with van der Waals surface area (Å²) in [6.45, 7) is 0.656. The van der Waals surface area contributed by atoms with Crippen molar-refractivity contribution < 1.29 is 4.74 Å². The van der Waals surface area contributed by atoms with Crippen LogP contribution >= 0.6 is 15.8 Å². The smallest absolute Gasteiger partial charge is 0.123 e. The molecular formula is C38H30OP2. The SMILES string of the molecule is c1ccc(P(c2ccccc2)c2ccccc2[C@H]2COc3cccc(P(c4ccccc4)c4ccccc4)c32)cc1. The molecule has 0 unspecified atom stereocenters. The van der Waals surface area contributed by atoms with Crippen LogP contribution in [-0.4, -0.2) is 6.61 Å². The quantitative estimate of drug-likeness (QED) is 0.196. The molecule has 1 heterocycles. The van der Waals surface area contributed by atoms with Gasteiger partial charge in [0.15, 0.2) is 0 Å². The summed E-state index contributed by atoms with van der Waals surface area (Å²) in [5.41, 5.74) is 2.71. The summed E-state index contributed by atoms with van der Waals surface area (Å²) in [6, 6.07) is 59.7. The van der Waals surface area contributed by atoms with Crippen molar-refractivity contribution in [3.63, 3.8) is 0 Å². The summed E-state index contributed by atoms with van der Waals surface area (Å²) in [6.07, 6.45) is 0. The second kappa shape index (κ2) is 11.8. The molecule has 0 radical (unpaired) electrons. The molecule has 0 spiro atoms. The third-order valence-electron chi connectivity index (χ3n) is 7.65. The molecule has 1 nitrogen and oxygen atoms in total. The number of hydrogen-bond donors (Lipinski definition) is 0. The number of rotatable bonds is 7. The van der Waals surface area contributed by atoms with E-state index in [1.54, 1.807) is 0 Å². The van der Waals surface area contributed by atoms with E-state index in [0.29, 0.717) is 6.61 Å². The maximum absolute atomic E-state index is 6.49. The van der Waals surface area contributed by atoms with Gasteiger partial charge in [-0.25, -0.2) is 0 Å². The highest BCUT2D eigenvalue weighted by molar-refractivity contribution is 7.80. The first-order chi connectivity index (χ1) is 20.4. The van der Waals surface area contributed by atoms with Gasteiger partial charge in [-0.1, -0.05) is 158 Å². The van der Waals surface area contributed by atoms with Crippen LogP contribution in [0.3, 0.4) is 0 Å². The van der Waals surface area contributed by atoms with Gasteiger partial charge in [-0.2, -0.15) is 0 Å². The molecule has 3 heteroatoms. The highest BCUT2D eigenvalue weighted by Gasteiger charge is 2.34. The van der Waals surface area contributed by atoms with Crippen LogP contribution in [0, 0.1) is 0 Å². The van der Waals surface area contributed by atoms with Crippen molar-refractivity contribution >= 4 is 47.7 Å². The summed E-state index contributed by atoms with van der Waals surface area (Å²) < 4.78 is 6.49. The van der Waals surface area contributed by atoms with Gasteiger partial charge in [0.05, 0.1) is 6.61 Å². The Balaban J connectivity index is 1.41. The molecule has 0 fully saturated rings. The normalized spacial score (nSPS) is 14.1. The zero-order valence-electron chi connectivity index (χ0n) is 22.7. The van der Waals surface area contributed by atoms with Gasteiger partial charge < -0.3 is 4.74 Å². The van der Waals surface area contributed by atoms with E-state index < -0.39 is 15.8 Å². The van der Waals surface area contributed by atoms with Gasteiger partial charge in [-0.05, 0) is 59.3 Å². The Bertz CT molecular complexity index is 1660. The minimum Gasteiger partial charge on any atom is -0.492 e. The predicted molar refractivity (Wildman–Crippen MR) is 178 cm³/mol. The highest BCUT2D eigenvalue weighted by Crippen LogP contribution is 2.45. The van der Waals surface area contributed by atoms with E-state index in [2.05, 4.69) is 164 Å². The van der Waals surface area contributed by atoms with Crippen LogP contribution in [-0.2, 0) is 0 Å². The fourth-order valence-electron chi connectivity index (χ4n) is 5.85. The van der Waals surface area contributed by atoms with Gasteiger partial charge in [0.2, 0.25) is 0 Å². The highest BCUT2D eigenvalue weighted by atomic mass is 31.1. The molecule has 6 aromatic rings. The standard InChI is InChI=1S/C38H30OP2/c1-5-16-29(17-6-1)40(30-18-7-2-8-19-30)36-26-14-13-24-33(36)34-28-39-35-25-15-27-37(38(34)35)41(31-20-9-3-10-21-31)32-22-11-4-12-23-32/h1-27,34H,28H2/t34-/m1/s1. The average molecular weight is 565 g/mol. The van der Waals surface area contributed by atoms with Crippen LogP contribution in [0.25, 0.3) is 0 Å². The van der Waals surface area contributed by atoms with E-state index in [4.69, 9.17) is 4.74 Å². The molecule has 1 aliphatic rings. The maximum atomic E-state index is 6.49. The molecule has 41 heavy (non-hydrogen) atoms. The summed E-state index contributed by atoms with van der Waals surface area (Å²) in [5, 5.41) is 8.23. The summed E-state index contributed by atoms with van der Waals surface area (Å²) in [5.74, 6) is 1.18. The summed E-state index contributed by atoms with van der Waals surface area (Å²) in [4.78, 5) is 0. The molecule has 6 aromatic carbocycles. The summed E-state index contributed by atoms with van der Waals surface area (Å²) in [7, 11) is -1.49. The van der Waals surface area contributed by atoms with E-state index >= 15 is 0 Å². The Labute approximate surface area is 245 Å². The Morgan fingerprint density at radius 2 is 0.829 bits per heavy atom. The van der Waals surface area contributed by atoms with Crippen molar-refractivity contribution in [2.24, 2.45) is 0 Å². The van der Waals surface area contributed by atoms with Gasteiger partial charge in [0.25, 0.3) is 0 Å². The molecule has 1 aliphatic heterocycles. The van der Waals surface area contributed by atoms with Crippen LogP contribution in [0.2, 0.25) is 0 Å². The number of ether oxygens (including phenoxy) is 1. The van der Waals surface area contributed by atoms with E-state index in [0.717, 1.165) is 5.75 Å². The zero-order valence-corrected chi connectivity index (χ0v) is 24.5. The van der Waals surface area contributed by atoms with Gasteiger partial charge in [-0.3, -0.25) is 0 Å². The first-order valence-electron chi connectivity index (χ1n) is 14.0. The van der Waals surface area contributed by atoms with Crippen molar-refractivity contribution in [2.75, 3.05) is 6.61 Å². The molecule has 198 valence electrons. The first-order valence-corrected chi connectivity index (χ1v) is 16.7. The van der Waals surface area contributed by atoms with Crippen LogP contribution in [0.15, 0.2) is 164 Å². The topological polar surface area (TPSA) is 9.23 Å². The largest absolute Gasteiger partial charge is 0.492 e. The minimum atomic E-state index is -0.753. The molecule has 0 N–H and O–H groups in total. The monoisotopic (exact) mass is 564 g/mol. The maximum Gasteiger partial charge on any atom is 0.123 e. The van der Waals surface area contributed by atoms with Crippen LogP contribution < -0.4 is 36.6 Å². The lowest BCUT2D eigenvalue weighted by molar-refractivity contribution is 0.343. The van der Waals surface area contributed by atoms with E-state index in [1.165, 1.54) is 43.0 Å². The van der Waals surface area contributed by atoms with Crippen molar-refractivity contribution in [1.29, 1.82) is 0 Å². The van der Waals surface area contributed by atoms with Gasteiger partial charge in [0.1, 0.15) is 5.75 Å². The Hall–Kier alpha value is -4.02. The second-order valence-corrected chi connectivity index (χ2v) is 14.5. The Kier molecular flexibility index (Phi) is 7.48. The van der Waals surface area contributed by atoms with E-state index in [-0.39, 0.29) is 5.92 Å². The van der Waals surface area contributed by atoms with Crippen molar-refractivity contribution in [3.8, 4) is 5.75 Å².